The third kappa shape index (κ3) is 3.72. The Balaban J connectivity index is 1.57. The van der Waals surface area contributed by atoms with Crippen molar-refractivity contribution >= 4 is 11.7 Å². The van der Waals surface area contributed by atoms with E-state index < -0.39 is 6.04 Å². The summed E-state index contributed by atoms with van der Waals surface area (Å²) < 4.78 is 21.7. The lowest BCUT2D eigenvalue weighted by Crippen LogP contribution is -2.44. The Morgan fingerprint density at radius 2 is 1.84 bits per heavy atom. The molecule has 1 atom stereocenters. The molecular weight excluding hydrogens is 393 g/mol. The van der Waals surface area contributed by atoms with Crippen LogP contribution in [0.25, 0.3) is 11.3 Å². The number of aryl methyl sites for hydroxylation is 1. The lowest BCUT2D eigenvalue weighted by Gasteiger charge is -2.07. The minimum Gasteiger partial charge on any atom is -0.466 e. The number of carbonyl (C=O) groups excluding carboxylic acids is 1. The molecule has 0 radical (unpaired) electrons. The maximum absolute atomic E-state index is 14.5. The zero-order valence-corrected chi connectivity index (χ0v) is 17.0. The molecule has 1 N–H and O–H groups in total. The van der Waals surface area contributed by atoms with Crippen LogP contribution in [-0.4, -0.2) is 16.9 Å². The minimum atomic E-state index is -0.474. The maximum Gasteiger partial charge on any atom is 0.359 e. The van der Waals surface area contributed by atoms with Crippen LogP contribution in [0.3, 0.4) is 0 Å². The maximum atomic E-state index is 14.5. The third-order valence-electron chi connectivity index (χ3n) is 5.43. The molecule has 1 aliphatic rings. The SMILES string of the molecule is Cc1ccc(CC2Nc3c(Cc4ccccc4)nc(-c4ccccc4F)c[n+]3C2=O)o1. The third-order valence-corrected chi connectivity index (χ3v) is 5.43. The molecule has 4 aromatic rings. The Morgan fingerprint density at radius 3 is 2.58 bits per heavy atom. The zero-order valence-electron chi connectivity index (χ0n) is 17.0. The van der Waals surface area contributed by atoms with Gasteiger partial charge in [0.2, 0.25) is 6.04 Å². The highest BCUT2D eigenvalue weighted by atomic mass is 19.1. The Bertz CT molecular complexity index is 1270. The summed E-state index contributed by atoms with van der Waals surface area (Å²) in [4.78, 5) is 18.0. The Morgan fingerprint density at radius 1 is 1.06 bits per heavy atom. The first-order chi connectivity index (χ1) is 15.1. The van der Waals surface area contributed by atoms with Crippen molar-refractivity contribution in [2.45, 2.75) is 25.8 Å². The van der Waals surface area contributed by atoms with Gasteiger partial charge in [0.15, 0.2) is 0 Å². The number of halogens is 1. The number of nitrogens with zero attached hydrogens (tertiary/aromatic N) is 2. The van der Waals surface area contributed by atoms with E-state index in [2.05, 4.69) is 5.32 Å². The summed E-state index contributed by atoms with van der Waals surface area (Å²) in [5.41, 5.74) is 2.55. The van der Waals surface area contributed by atoms with Gasteiger partial charge in [-0.2, -0.15) is 4.57 Å². The number of hydrogen-bond acceptors (Lipinski definition) is 4. The van der Waals surface area contributed by atoms with Gasteiger partial charge in [0.25, 0.3) is 0 Å². The molecule has 154 valence electrons. The highest BCUT2D eigenvalue weighted by Gasteiger charge is 2.41. The fourth-order valence-corrected chi connectivity index (χ4v) is 3.92. The Kier molecular flexibility index (Phi) is 4.82. The second-order valence-electron chi connectivity index (χ2n) is 7.69. The average molecular weight is 414 g/mol. The molecule has 0 amide bonds. The van der Waals surface area contributed by atoms with Gasteiger partial charge in [-0.15, -0.1) is 0 Å². The molecule has 1 aliphatic heterocycles. The van der Waals surface area contributed by atoms with E-state index in [1.165, 1.54) is 6.07 Å². The molecule has 5 nitrogen and oxygen atoms in total. The fourth-order valence-electron chi connectivity index (χ4n) is 3.92. The van der Waals surface area contributed by atoms with Crippen molar-refractivity contribution in [1.82, 2.24) is 4.98 Å². The van der Waals surface area contributed by atoms with Crippen LogP contribution in [0.4, 0.5) is 10.2 Å². The van der Waals surface area contributed by atoms with E-state index in [9.17, 15) is 9.18 Å². The molecule has 0 saturated heterocycles. The first kappa shape index (κ1) is 19.2. The van der Waals surface area contributed by atoms with Gasteiger partial charge in [-0.1, -0.05) is 42.5 Å². The van der Waals surface area contributed by atoms with Crippen LogP contribution in [0.1, 0.15) is 27.6 Å². The van der Waals surface area contributed by atoms with Crippen LogP contribution in [0.5, 0.6) is 0 Å². The molecule has 0 bridgehead atoms. The number of benzene rings is 2. The van der Waals surface area contributed by atoms with Gasteiger partial charge in [0, 0.05) is 12.0 Å². The number of furan rings is 1. The standard InChI is InChI=1S/C25H20FN3O2/c1-16-11-12-18(31-16)14-22-25(30)29-15-23(19-9-5-6-10-20(19)26)27-21(24(29)28-22)13-17-7-3-2-4-8-17/h2-12,15,22H,13-14H2,1H3/p+1. The predicted octanol–water partition coefficient (Wildman–Crippen LogP) is 4.34. The van der Waals surface area contributed by atoms with Crippen molar-refractivity contribution < 1.29 is 18.2 Å². The van der Waals surface area contributed by atoms with E-state index in [1.54, 1.807) is 29.0 Å². The van der Waals surface area contributed by atoms with Crippen LogP contribution in [0.2, 0.25) is 0 Å². The highest BCUT2D eigenvalue weighted by Crippen LogP contribution is 2.26. The molecule has 6 heteroatoms. The van der Waals surface area contributed by atoms with Crippen molar-refractivity contribution in [3.8, 4) is 11.3 Å². The van der Waals surface area contributed by atoms with Gasteiger partial charge in [0.05, 0.1) is 6.42 Å². The van der Waals surface area contributed by atoms with Gasteiger partial charge in [-0.05, 0) is 36.8 Å². The topological polar surface area (TPSA) is 59.0 Å². The van der Waals surface area contributed by atoms with Crippen LogP contribution in [0, 0.1) is 12.7 Å². The van der Waals surface area contributed by atoms with Crippen molar-refractivity contribution in [3.05, 3.63) is 102 Å². The number of nitrogens with one attached hydrogen (secondary N) is 1. The summed E-state index contributed by atoms with van der Waals surface area (Å²) in [7, 11) is 0. The summed E-state index contributed by atoms with van der Waals surface area (Å²) in [6.07, 6.45) is 2.56. The van der Waals surface area contributed by atoms with E-state index in [1.807, 2.05) is 49.4 Å². The van der Waals surface area contributed by atoms with Gasteiger partial charge in [0.1, 0.15) is 34.9 Å². The molecule has 31 heavy (non-hydrogen) atoms. The van der Waals surface area contributed by atoms with Crippen LogP contribution in [0.15, 0.2) is 77.3 Å². The number of anilines is 1. The lowest BCUT2D eigenvalue weighted by molar-refractivity contribution is -0.552. The number of carbonyl (C=O) groups is 1. The largest absolute Gasteiger partial charge is 0.466 e. The van der Waals surface area contributed by atoms with Gasteiger partial charge in [-0.25, -0.2) is 14.2 Å². The van der Waals surface area contributed by atoms with Crippen LogP contribution in [-0.2, 0) is 12.8 Å². The summed E-state index contributed by atoms with van der Waals surface area (Å²) in [5, 5.41) is 3.32. The van der Waals surface area contributed by atoms with E-state index in [4.69, 9.17) is 9.40 Å². The lowest BCUT2D eigenvalue weighted by atomic mass is 10.1. The van der Waals surface area contributed by atoms with E-state index in [0.29, 0.717) is 35.6 Å². The number of aromatic nitrogens is 2. The molecule has 0 aliphatic carbocycles. The number of hydrogen-bond donors (Lipinski definition) is 1. The summed E-state index contributed by atoms with van der Waals surface area (Å²) in [6, 6.07) is 19.7. The molecule has 1 unspecified atom stereocenters. The predicted molar refractivity (Wildman–Crippen MR) is 114 cm³/mol. The molecule has 2 aromatic carbocycles. The van der Waals surface area contributed by atoms with Gasteiger partial charge in [-0.3, -0.25) is 5.32 Å². The Labute approximate surface area is 179 Å². The summed E-state index contributed by atoms with van der Waals surface area (Å²) in [6.45, 7) is 1.87. The monoisotopic (exact) mass is 414 g/mol. The fraction of sp³-hybridized carbons (Fsp3) is 0.160. The minimum absolute atomic E-state index is 0.113. The van der Waals surface area contributed by atoms with Crippen molar-refractivity contribution in [2.75, 3.05) is 5.32 Å². The van der Waals surface area contributed by atoms with E-state index in [-0.39, 0.29) is 11.7 Å². The first-order valence-electron chi connectivity index (χ1n) is 10.2. The normalized spacial score (nSPS) is 15.0. The van der Waals surface area contributed by atoms with Crippen molar-refractivity contribution in [1.29, 1.82) is 0 Å². The highest BCUT2D eigenvalue weighted by molar-refractivity contribution is 5.82. The van der Waals surface area contributed by atoms with Crippen molar-refractivity contribution in [3.63, 3.8) is 0 Å². The van der Waals surface area contributed by atoms with E-state index in [0.717, 1.165) is 17.1 Å². The quantitative estimate of drug-likeness (QED) is 0.494. The van der Waals surface area contributed by atoms with Gasteiger partial charge >= 0.3 is 11.7 Å². The molecule has 2 aromatic heterocycles. The molecule has 0 fully saturated rings. The molecule has 5 rings (SSSR count). The second-order valence-corrected chi connectivity index (χ2v) is 7.69. The zero-order chi connectivity index (χ0) is 21.4. The van der Waals surface area contributed by atoms with Crippen LogP contribution < -0.4 is 9.88 Å². The Hall–Kier alpha value is -3.80. The smallest absolute Gasteiger partial charge is 0.359 e. The molecule has 0 saturated carbocycles. The van der Waals surface area contributed by atoms with Crippen molar-refractivity contribution in [2.24, 2.45) is 0 Å². The van der Waals surface area contributed by atoms with E-state index >= 15 is 0 Å². The summed E-state index contributed by atoms with van der Waals surface area (Å²) >= 11 is 0. The molecule has 3 heterocycles. The second kappa shape index (κ2) is 7.80. The molecule has 0 spiro atoms. The molecular formula is C25H21FN3O2+. The number of rotatable bonds is 5. The van der Waals surface area contributed by atoms with Gasteiger partial charge < -0.3 is 4.42 Å². The number of fused-ring (bicyclic) bond motifs is 1. The van der Waals surface area contributed by atoms with Crippen LogP contribution >= 0.6 is 0 Å². The first-order valence-corrected chi connectivity index (χ1v) is 10.2. The summed E-state index contributed by atoms with van der Waals surface area (Å²) in [5.74, 6) is 1.70. The average Bonchev–Trinajstić information content (AvgIpc) is 3.32.